The van der Waals surface area contributed by atoms with Gasteiger partial charge in [0.2, 0.25) is 0 Å². The molecule has 0 bridgehead atoms. The summed E-state index contributed by atoms with van der Waals surface area (Å²) < 4.78 is 42.2. The summed E-state index contributed by atoms with van der Waals surface area (Å²) in [6, 6.07) is 14.2. The second kappa shape index (κ2) is 8.95. The molecule has 0 amide bonds. The number of benzene rings is 2. The molecular weight excluding hydrogens is 354 g/mol. The predicted molar refractivity (Wildman–Crippen MR) is 97.8 cm³/mol. The Bertz CT molecular complexity index is 889. The maximum Gasteiger partial charge on any atom is 0.162 e. The number of halogens is 2. The van der Waals surface area contributed by atoms with Crippen molar-refractivity contribution in [3.63, 3.8) is 0 Å². The molecule has 0 aliphatic rings. The number of anilines is 2. The van der Waals surface area contributed by atoms with E-state index in [0.29, 0.717) is 24.8 Å². The van der Waals surface area contributed by atoms with E-state index in [2.05, 4.69) is 10.3 Å². The summed E-state index contributed by atoms with van der Waals surface area (Å²) in [4.78, 5) is 4.25. The van der Waals surface area contributed by atoms with Crippen LogP contribution in [0.15, 0.2) is 60.8 Å². The normalized spacial score (nSPS) is 10.5. The molecule has 1 heterocycles. The van der Waals surface area contributed by atoms with E-state index in [-0.39, 0.29) is 5.75 Å². The Hall–Kier alpha value is -3.19. The van der Waals surface area contributed by atoms with Gasteiger partial charge in [0.15, 0.2) is 11.6 Å². The lowest BCUT2D eigenvalue weighted by Gasteiger charge is -2.10. The summed E-state index contributed by atoms with van der Waals surface area (Å²) in [6.45, 7) is 0.979. The Kier molecular flexibility index (Phi) is 6.17. The van der Waals surface area contributed by atoms with Crippen molar-refractivity contribution in [1.82, 2.24) is 4.98 Å². The lowest BCUT2D eigenvalue weighted by Crippen LogP contribution is -2.04. The minimum Gasteiger partial charge on any atom is -0.491 e. The van der Waals surface area contributed by atoms with Crippen molar-refractivity contribution in [1.29, 1.82) is 0 Å². The van der Waals surface area contributed by atoms with Crippen molar-refractivity contribution in [3.05, 3.63) is 72.4 Å². The molecule has 140 valence electrons. The van der Waals surface area contributed by atoms with Crippen LogP contribution in [0.3, 0.4) is 0 Å². The Morgan fingerprint density at radius 3 is 2.48 bits per heavy atom. The molecule has 0 saturated carbocycles. The van der Waals surface area contributed by atoms with Crippen molar-refractivity contribution in [2.45, 2.75) is 0 Å². The average molecular weight is 372 g/mol. The molecule has 7 heteroatoms. The first-order valence-corrected chi connectivity index (χ1v) is 8.22. The number of nitrogens with one attached hydrogen (secondary N) is 1. The van der Waals surface area contributed by atoms with E-state index in [0.717, 1.165) is 23.6 Å². The van der Waals surface area contributed by atoms with Gasteiger partial charge in [0.1, 0.15) is 29.7 Å². The summed E-state index contributed by atoms with van der Waals surface area (Å²) >= 11 is 0. The fourth-order valence-electron chi connectivity index (χ4n) is 2.25. The van der Waals surface area contributed by atoms with Crippen molar-refractivity contribution in [3.8, 4) is 17.2 Å². The van der Waals surface area contributed by atoms with E-state index >= 15 is 0 Å². The number of nitrogens with zero attached hydrogens (tertiary/aromatic N) is 1. The molecule has 2 aromatic carbocycles. The standard InChI is InChI=1S/C20H18F2N2O3/c1-25-9-10-26-15-4-2-3-14(11-15)24-20-8-6-17(13-23-20)27-16-5-7-18(21)19(22)12-16/h2-8,11-13H,9-10H2,1H3,(H,23,24). The minimum absolute atomic E-state index is 0.192. The number of hydrogen-bond acceptors (Lipinski definition) is 5. The Morgan fingerprint density at radius 2 is 1.74 bits per heavy atom. The van der Waals surface area contributed by atoms with Gasteiger partial charge in [-0.1, -0.05) is 6.07 Å². The van der Waals surface area contributed by atoms with Crippen LogP contribution in [0.1, 0.15) is 0 Å². The summed E-state index contributed by atoms with van der Waals surface area (Å²) in [6.07, 6.45) is 1.49. The highest BCUT2D eigenvalue weighted by Crippen LogP contribution is 2.25. The molecule has 3 aromatic rings. The highest BCUT2D eigenvalue weighted by molar-refractivity contribution is 5.58. The average Bonchev–Trinajstić information content (AvgIpc) is 2.67. The topological polar surface area (TPSA) is 52.6 Å². The molecule has 5 nitrogen and oxygen atoms in total. The molecule has 0 atom stereocenters. The molecule has 0 radical (unpaired) electrons. The fraction of sp³-hybridized carbons (Fsp3) is 0.150. The zero-order valence-corrected chi connectivity index (χ0v) is 14.6. The number of aromatic nitrogens is 1. The van der Waals surface area contributed by atoms with Crippen molar-refractivity contribution < 1.29 is 23.0 Å². The highest BCUT2D eigenvalue weighted by Gasteiger charge is 2.05. The van der Waals surface area contributed by atoms with Gasteiger partial charge in [-0.3, -0.25) is 0 Å². The van der Waals surface area contributed by atoms with Crippen LogP contribution in [-0.4, -0.2) is 25.3 Å². The molecule has 0 unspecified atom stereocenters. The van der Waals surface area contributed by atoms with Gasteiger partial charge >= 0.3 is 0 Å². The third-order valence-corrected chi connectivity index (χ3v) is 3.53. The molecule has 3 rings (SSSR count). The van der Waals surface area contributed by atoms with Crippen LogP contribution in [-0.2, 0) is 4.74 Å². The molecule has 0 fully saturated rings. The monoisotopic (exact) mass is 372 g/mol. The second-order valence-corrected chi connectivity index (χ2v) is 5.55. The number of pyridine rings is 1. The molecule has 1 N–H and O–H groups in total. The second-order valence-electron chi connectivity index (χ2n) is 5.55. The van der Waals surface area contributed by atoms with Crippen LogP contribution in [0.4, 0.5) is 20.3 Å². The number of methoxy groups -OCH3 is 1. The van der Waals surface area contributed by atoms with Gasteiger partial charge in [0.25, 0.3) is 0 Å². The minimum atomic E-state index is -0.966. The number of ether oxygens (including phenoxy) is 3. The summed E-state index contributed by atoms with van der Waals surface area (Å²) in [5.74, 6) is 0.0253. The van der Waals surface area contributed by atoms with Crippen LogP contribution < -0.4 is 14.8 Å². The van der Waals surface area contributed by atoms with Gasteiger partial charge in [0.05, 0.1) is 12.8 Å². The molecule has 0 spiro atoms. The van der Waals surface area contributed by atoms with E-state index in [9.17, 15) is 8.78 Å². The van der Waals surface area contributed by atoms with E-state index in [1.807, 2.05) is 24.3 Å². The Morgan fingerprint density at radius 1 is 0.889 bits per heavy atom. The molecule has 27 heavy (non-hydrogen) atoms. The van der Waals surface area contributed by atoms with E-state index < -0.39 is 11.6 Å². The summed E-state index contributed by atoms with van der Waals surface area (Å²) in [7, 11) is 1.62. The molecule has 0 aliphatic carbocycles. The van der Waals surface area contributed by atoms with Crippen molar-refractivity contribution in [2.75, 3.05) is 25.6 Å². The Labute approximate surface area is 155 Å². The quantitative estimate of drug-likeness (QED) is 0.569. The maximum atomic E-state index is 13.2. The van der Waals surface area contributed by atoms with Crippen molar-refractivity contribution >= 4 is 11.5 Å². The smallest absolute Gasteiger partial charge is 0.162 e. The third-order valence-electron chi connectivity index (χ3n) is 3.53. The molecule has 0 aliphatic heterocycles. The molecular formula is C20H18F2N2O3. The van der Waals surface area contributed by atoms with E-state index in [1.54, 1.807) is 19.2 Å². The van der Waals surface area contributed by atoms with Gasteiger partial charge in [-0.05, 0) is 36.4 Å². The molecule has 1 aromatic heterocycles. The molecule has 0 saturated heterocycles. The van der Waals surface area contributed by atoms with Crippen LogP contribution in [0.25, 0.3) is 0 Å². The van der Waals surface area contributed by atoms with Crippen molar-refractivity contribution in [2.24, 2.45) is 0 Å². The third kappa shape index (κ3) is 5.39. The fourth-order valence-corrected chi connectivity index (χ4v) is 2.25. The lowest BCUT2D eigenvalue weighted by molar-refractivity contribution is 0.146. The Balaban J connectivity index is 1.62. The first-order valence-electron chi connectivity index (χ1n) is 8.22. The van der Waals surface area contributed by atoms with Crippen LogP contribution in [0.2, 0.25) is 0 Å². The highest BCUT2D eigenvalue weighted by atomic mass is 19.2. The van der Waals surface area contributed by atoms with Crippen LogP contribution in [0, 0.1) is 11.6 Å². The number of rotatable bonds is 8. The van der Waals surface area contributed by atoms with Gasteiger partial charge in [-0.25, -0.2) is 13.8 Å². The summed E-state index contributed by atoms with van der Waals surface area (Å²) in [5, 5.41) is 3.15. The van der Waals surface area contributed by atoms with Gasteiger partial charge < -0.3 is 19.5 Å². The van der Waals surface area contributed by atoms with Crippen LogP contribution in [0.5, 0.6) is 17.2 Å². The van der Waals surface area contributed by atoms with E-state index in [4.69, 9.17) is 14.2 Å². The SMILES string of the molecule is COCCOc1cccc(Nc2ccc(Oc3ccc(F)c(F)c3)cn2)c1. The van der Waals surface area contributed by atoms with E-state index in [1.165, 1.54) is 12.3 Å². The predicted octanol–water partition coefficient (Wildman–Crippen LogP) is 4.92. The number of hydrogen-bond donors (Lipinski definition) is 1. The lowest BCUT2D eigenvalue weighted by atomic mass is 10.3. The first-order chi connectivity index (χ1) is 13.1. The van der Waals surface area contributed by atoms with Gasteiger partial charge in [-0.2, -0.15) is 0 Å². The first kappa shape index (κ1) is 18.6. The van der Waals surface area contributed by atoms with Gasteiger partial charge in [-0.15, -0.1) is 0 Å². The zero-order chi connectivity index (χ0) is 19.1. The summed E-state index contributed by atoms with van der Waals surface area (Å²) in [5.41, 5.74) is 0.812. The van der Waals surface area contributed by atoms with Crippen LogP contribution >= 0.6 is 0 Å². The largest absolute Gasteiger partial charge is 0.491 e. The maximum absolute atomic E-state index is 13.2. The zero-order valence-electron chi connectivity index (χ0n) is 14.6. The van der Waals surface area contributed by atoms with Gasteiger partial charge in [0, 0.05) is 24.9 Å².